The van der Waals surface area contributed by atoms with Crippen molar-refractivity contribution in [3.8, 4) is 0 Å². The summed E-state index contributed by atoms with van der Waals surface area (Å²) in [5.41, 5.74) is 0. The first-order valence-corrected chi connectivity index (χ1v) is 26.1. The number of allylic oxidation sites excluding steroid dienone is 14. The Labute approximate surface area is 388 Å². The maximum Gasteiger partial charge on any atom is 0.306 e. The molecule has 63 heavy (non-hydrogen) atoms. The standard InChI is InChI=1S/C57H96O6/c1-4-7-10-13-16-19-22-24-26-28-29-31-32-35-38-41-44-47-50-56(59)62-53-54(52-61-55(58)49-46-43-40-37-34-21-18-15-12-9-6-3)63-57(60)51-48-45-42-39-36-33-30-27-25-23-20-17-14-11-8-5-2/h8-9,11-12,17-18,20-21,25,27,29,31,37,40,54H,4-7,10,13-16,19,22-24,26,28,30,32-36,38-39,41-53H2,1-3H3/b11-8-,12-9-,20-17-,21-18-,27-25-,31-29-,40-37-. The lowest BCUT2D eigenvalue weighted by Gasteiger charge is -2.18. The van der Waals surface area contributed by atoms with Crippen molar-refractivity contribution in [2.45, 2.75) is 245 Å². The van der Waals surface area contributed by atoms with Gasteiger partial charge < -0.3 is 14.2 Å². The van der Waals surface area contributed by atoms with Crippen molar-refractivity contribution < 1.29 is 28.6 Å². The zero-order valence-corrected chi connectivity index (χ0v) is 41.1. The van der Waals surface area contributed by atoms with E-state index >= 15 is 0 Å². The highest BCUT2D eigenvalue weighted by atomic mass is 16.6. The molecule has 0 saturated carbocycles. The van der Waals surface area contributed by atoms with Gasteiger partial charge >= 0.3 is 17.9 Å². The fourth-order valence-corrected chi connectivity index (χ4v) is 7.00. The molecule has 0 aliphatic heterocycles. The summed E-state index contributed by atoms with van der Waals surface area (Å²) in [6.45, 7) is 6.34. The molecule has 1 unspecified atom stereocenters. The molecule has 0 rings (SSSR count). The molecule has 0 heterocycles. The Kier molecular flexibility index (Phi) is 48.5. The average molecular weight is 877 g/mol. The summed E-state index contributed by atoms with van der Waals surface area (Å²) >= 11 is 0. The van der Waals surface area contributed by atoms with Crippen LogP contribution in [0.2, 0.25) is 0 Å². The fourth-order valence-electron chi connectivity index (χ4n) is 7.00. The first kappa shape index (κ1) is 59.6. The van der Waals surface area contributed by atoms with Crippen LogP contribution in [-0.4, -0.2) is 37.2 Å². The molecule has 0 spiro atoms. The minimum Gasteiger partial charge on any atom is -0.462 e. The Morgan fingerprint density at radius 2 is 0.635 bits per heavy atom. The third kappa shape index (κ3) is 49.5. The molecule has 0 aromatic heterocycles. The van der Waals surface area contributed by atoms with E-state index in [1.807, 2.05) is 0 Å². The Morgan fingerprint density at radius 3 is 1.05 bits per heavy atom. The Balaban J connectivity index is 4.42. The molecule has 0 amide bonds. The van der Waals surface area contributed by atoms with Crippen molar-refractivity contribution in [1.29, 1.82) is 0 Å². The van der Waals surface area contributed by atoms with Crippen molar-refractivity contribution >= 4 is 17.9 Å². The summed E-state index contributed by atoms with van der Waals surface area (Å²) < 4.78 is 16.7. The number of unbranched alkanes of at least 4 members (excludes halogenated alkanes) is 21. The van der Waals surface area contributed by atoms with Gasteiger partial charge in [-0.2, -0.15) is 0 Å². The molecular formula is C57H96O6. The molecule has 0 saturated heterocycles. The molecule has 6 nitrogen and oxygen atoms in total. The minimum atomic E-state index is -0.806. The number of rotatable bonds is 46. The van der Waals surface area contributed by atoms with Crippen LogP contribution in [0.25, 0.3) is 0 Å². The zero-order chi connectivity index (χ0) is 45.8. The van der Waals surface area contributed by atoms with E-state index in [1.54, 1.807) is 0 Å². The van der Waals surface area contributed by atoms with Gasteiger partial charge in [-0.15, -0.1) is 0 Å². The van der Waals surface area contributed by atoms with Gasteiger partial charge in [0.15, 0.2) is 6.10 Å². The molecule has 0 bridgehead atoms. The summed E-state index contributed by atoms with van der Waals surface area (Å²) in [5.74, 6) is -0.981. The molecule has 0 aliphatic carbocycles. The van der Waals surface area contributed by atoms with E-state index < -0.39 is 6.10 Å². The first-order valence-electron chi connectivity index (χ1n) is 26.1. The number of hydrogen-bond acceptors (Lipinski definition) is 6. The lowest BCUT2D eigenvalue weighted by atomic mass is 10.1. The third-order valence-electron chi connectivity index (χ3n) is 10.9. The summed E-state index contributed by atoms with van der Waals surface area (Å²) in [5, 5.41) is 0. The number of esters is 3. The Morgan fingerprint density at radius 1 is 0.333 bits per heavy atom. The molecular weight excluding hydrogens is 781 g/mol. The van der Waals surface area contributed by atoms with Gasteiger partial charge in [-0.25, -0.2) is 0 Å². The number of ether oxygens (including phenoxy) is 3. The van der Waals surface area contributed by atoms with Crippen LogP contribution < -0.4 is 0 Å². The van der Waals surface area contributed by atoms with E-state index in [4.69, 9.17) is 14.2 Å². The van der Waals surface area contributed by atoms with Gasteiger partial charge in [0.2, 0.25) is 0 Å². The van der Waals surface area contributed by atoms with Crippen LogP contribution in [-0.2, 0) is 28.6 Å². The average Bonchev–Trinajstić information content (AvgIpc) is 3.28. The van der Waals surface area contributed by atoms with Crippen molar-refractivity contribution in [2.75, 3.05) is 13.2 Å². The van der Waals surface area contributed by atoms with Crippen LogP contribution in [0.4, 0.5) is 0 Å². The fraction of sp³-hybridized carbons (Fsp3) is 0.702. The maximum absolute atomic E-state index is 12.8. The minimum absolute atomic E-state index is 0.102. The highest BCUT2D eigenvalue weighted by Gasteiger charge is 2.19. The van der Waals surface area contributed by atoms with Gasteiger partial charge in [0.1, 0.15) is 13.2 Å². The van der Waals surface area contributed by atoms with Crippen LogP contribution in [0.1, 0.15) is 239 Å². The van der Waals surface area contributed by atoms with Crippen molar-refractivity contribution in [2.24, 2.45) is 0 Å². The van der Waals surface area contributed by atoms with E-state index in [-0.39, 0.29) is 37.5 Å². The summed E-state index contributed by atoms with van der Waals surface area (Å²) in [7, 11) is 0. The van der Waals surface area contributed by atoms with Crippen molar-refractivity contribution in [3.63, 3.8) is 0 Å². The molecule has 0 aromatic carbocycles. The van der Waals surface area contributed by atoms with Crippen molar-refractivity contribution in [3.05, 3.63) is 85.1 Å². The predicted octanol–water partition coefficient (Wildman–Crippen LogP) is 17.2. The van der Waals surface area contributed by atoms with Crippen LogP contribution in [0.5, 0.6) is 0 Å². The van der Waals surface area contributed by atoms with Gasteiger partial charge in [-0.05, 0) is 103 Å². The second-order valence-corrected chi connectivity index (χ2v) is 17.0. The van der Waals surface area contributed by atoms with Crippen LogP contribution >= 0.6 is 0 Å². The van der Waals surface area contributed by atoms with Gasteiger partial charge in [0, 0.05) is 19.3 Å². The van der Waals surface area contributed by atoms with Crippen LogP contribution in [0.3, 0.4) is 0 Å². The second kappa shape index (κ2) is 51.2. The van der Waals surface area contributed by atoms with E-state index in [0.29, 0.717) is 19.3 Å². The van der Waals surface area contributed by atoms with Gasteiger partial charge in [0.25, 0.3) is 0 Å². The lowest BCUT2D eigenvalue weighted by molar-refractivity contribution is -0.167. The van der Waals surface area contributed by atoms with Gasteiger partial charge in [-0.1, -0.05) is 202 Å². The van der Waals surface area contributed by atoms with Crippen LogP contribution in [0, 0.1) is 0 Å². The highest BCUT2D eigenvalue weighted by molar-refractivity contribution is 5.71. The molecule has 0 N–H and O–H groups in total. The quantitative estimate of drug-likeness (QED) is 0.0262. The molecule has 1 atom stereocenters. The summed E-state index contributed by atoms with van der Waals surface area (Å²) in [4.78, 5) is 37.9. The smallest absolute Gasteiger partial charge is 0.306 e. The van der Waals surface area contributed by atoms with Crippen LogP contribution in [0.15, 0.2) is 85.1 Å². The number of hydrogen-bond donors (Lipinski definition) is 0. The summed E-state index contributed by atoms with van der Waals surface area (Å²) in [6.07, 6.45) is 65.8. The largest absolute Gasteiger partial charge is 0.462 e. The normalized spacial score (nSPS) is 12.7. The molecule has 0 aromatic rings. The topological polar surface area (TPSA) is 78.9 Å². The van der Waals surface area contributed by atoms with Gasteiger partial charge in [0.05, 0.1) is 0 Å². The number of carbonyl (C=O) groups excluding carboxylic acids is 3. The SMILES string of the molecule is CC/C=C\C/C=C\C/C=C\CCCCCCCCC(=O)OC(COC(=O)CCC/C=C\C/C=C\C/C=C\CC)COC(=O)CCCCCCC/C=C\CCCCCCCCCCC. The number of carbonyl (C=O) groups is 3. The Hall–Kier alpha value is -3.41. The van der Waals surface area contributed by atoms with Crippen molar-refractivity contribution in [1.82, 2.24) is 0 Å². The molecule has 0 aliphatic rings. The summed E-state index contributed by atoms with van der Waals surface area (Å²) in [6, 6.07) is 0. The molecule has 6 heteroatoms. The predicted molar refractivity (Wildman–Crippen MR) is 270 cm³/mol. The Bertz CT molecular complexity index is 1240. The van der Waals surface area contributed by atoms with E-state index in [2.05, 4.69) is 106 Å². The van der Waals surface area contributed by atoms with E-state index in [1.165, 1.54) is 89.9 Å². The molecule has 0 fully saturated rings. The monoisotopic (exact) mass is 877 g/mol. The van der Waals surface area contributed by atoms with Gasteiger partial charge in [-0.3, -0.25) is 14.4 Å². The van der Waals surface area contributed by atoms with E-state index in [9.17, 15) is 14.4 Å². The van der Waals surface area contributed by atoms with E-state index in [0.717, 1.165) is 103 Å². The molecule has 0 radical (unpaired) electrons. The third-order valence-corrected chi connectivity index (χ3v) is 10.9. The lowest BCUT2D eigenvalue weighted by Crippen LogP contribution is -2.30. The zero-order valence-electron chi connectivity index (χ0n) is 41.1. The first-order chi connectivity index (χ1) is 31.0. The highest BCUT2D eigenvalue weighted by Crippen LogP contribution is 2.14. The molecule has 360 valence electrons. The maximum atomic E-state index is 12.8. The second-order valence-electron chi connectivity index (χ2n) is 17.0.